The van der Waals surface area contributed by atoms with Crippen LogP contribution in [0.15, 0.2) is 24.3 Å². The number of halogens is 1. The van der Waals surface area contributed by atoms with Crippen LogP contribution in [-0.4, -0.2) is 45.7 Å². The number of nitrogens with one attached hydrogen (secondary N) is 2. The molecule has 4 rings (SSSR count). The Balaban J connectivity index is 1.33. The van der Waals surface area contributed by atoms with E-state index in [-0.39, 0.29) is 23.8 Å². The average molecular weight is 432 g/mol. The molecule has 1 aromatic heterocycles. The molecule has 1 saturated heterocycles. The van der Waals surface area contributed by atoms with Crippen LogP contribution in [0, 0.1) is 5.82 Å². The van der Waals surface area contributed by atoms with Crippen molar-refractivity contribution in [3.05, 3.63) is 40.7 Å². The second-order valence-corrected chi connectivity index (χ2v) is 8.99. The van der Waals surface area contributed by atoms with E-state index in [1.807, 2.05) is 0 Å². The fraction of sp³-hybridized carbons (Fsp3) is 0.524. The highest BCUT2D eigenvalue weighted by Gasteiger charge is 2.35. The molecule has 0 unspecified atom stereocenters. The van der Waals surface area contributed by atoms with Crippen LogP contribution in [0.5, 0.6) is 0 Å². The number of anilines is 1. The number of benzene rings is 1. The van der Waals surface area contributed by atoms with Crippen molar-refractivity contribution in [3.63, 3.8) is 0 Å². The Labute approximate surface area is 179 Å². The van der Waals surface area contributed by atoms with Crippen molar-refractivity contribution >= 4 is 28.4 Å². The zero-order valence-electron chi connectivity index (χ0n) is 16.8. The highest BCUT2D eigenvalue weighted by atomic mass is 32.1. The summed E-state index contributed by atoms with van der Waals surface area (Å²) in [5.41, 5.74) is 0.923. The van der Waals surface area contributed by atoms with Gasteiger partial charge in [-0.25, -0.2) is 9.18 Å². The second kappa shape index (κ2) is 9.51. The van der Waals surface area contributed by atoms with E-state index >= 15 is 0 Å². The molecule has 2 aromatic rings. The van der Waals surface area contributed by atoms with Gasteiger partial charge in [-0.15, -0.1) is 10.2 Å². The van der Waals surface area contributed by atoms with Crippen molar-refractivity contribution in [1.82, 2.24) is 20.4 Å². The van der Waals surface area contributed by atoms with Gasteiger partial charge in [-0.1, -0.05) is 42.7 Å². The van der Waals surface area contributed by atoms with Crippen molar-refractivity contribution < 1.29 is 14.0 Å². The van der Waals surface area contributed by atoms with Crippen molar-refractivity contribution in [2.24, 2.45) is 0 Å². The summed E-state index contributed by atoms with van der Waals surface area (Å²) in [6, 6.07) is 5.81. The van der Waals surface area contributed by atoms with E-state index < -0.39 is 6.04 Å². The largest absolute Gasteiger partial charge is 0.335 e. The molecule has 0 bridgehead atoms. The molecule has 3 amide bonds. The Morgan fingerprint density at radius 3 is 2.60 bits per heavy atom. The number of amides is 3. The molecule has 0 spiro atoms. The van der Waals surface area contributed by atoms with Gasteiger partial charge in [-0.05, 0) is 43.4 Å². The number of aromatic nitrogens is 2. The van der Waals surface area contributed by atoms with Gasteiger partial charge in [-0.2, -0.15) is 0 Å². The van der Waals surface area contributed by atoms with Crippen molar-refractivity contribution in [1.29, 1.82) is 0 Å². The summed E-state index contributed by atoms with van der Waals surface area (Å²) in [4.78, 5) is 27.1. The Kier molecular flexibility index (Phi) is 6.56. The number of urea groups is 1. The lowest BCUT2D eigenvalue weighted by atomic mass is 9.96. The molecule has 7 nitrogen and oxygen atoms in total. The molecule has 1 saturated carbocycles. The molecule has 1 aliphatic heterocycles. The van der Waals surface area contributed by atoms with Gasteiger partial charge in [0.05, 0.1) is 0 Å². The van der Waals surface area contributed by atoms with Gasteiger partial charge in [0.1, 0.15) is 16.9 Å². The minimum atomic E-state index is -0.488. The molecule has 30 heavy (non-hydrogen) atoms. The maximum Gasteiger partial charge on any atom is 0.318 e. The summed E-state index contributed by atoms with van der Waals surface area (Å²) in [5.74, 6) is -0.506. The smallest absolute Gasteiger partial charge is 0.318 e. The first-order valence-corrected chi connectivity index (χ1v) is 11.3. The molecule has 160 valence electrons. The first kappa shape index (κ1) is 20.7. The van der Waals surface area contributed by atoms with E-state index in [2.05, 4.69) is 20.8 Å². The predicted molar refractivity (Wildman–Crippen MR) is 113 cm³/mol. The van der Waals surface area contributed by atoms with Crippen molar-refractivity contribution in [2.75, 3.05) is 11.9 Å². The lowest BCUT2D eigenvalue weighted by Crippen LogP contribution is -2.50. The molecule has 2 aliphatic rings. The van der Waals surface area contributed by atoms with Crippen LogP contribution in [0.2, 0.25) is 0 Å². The van der Waals surface area contributed by atoms with Crippen LogP contribution >= 0.6 is 11.3 Å². The number of carbonyl (C=O) groups excluding carboxylic acids is 2. The van der Waals surface area contributed by atoms with Gasteiger partial charge in [0.25, 0.3) is 0 Å². The zero-order valence-corrected chi connectivity index (χ0v) is 17.6. The molecule has 1 atom stereocenters. The number of rotatable bonds is 5. The van der Waals surface area contributed by atoms with Gasteiger partial charge >= 0.3 is 6.03 Å². The van der Waals surface area contributed by atoms with E-state index in [1.54, 1.807) is 17.0 Å². The summed E-state index contributed by atoms with van der Waals surface area (Å²) in [7, 11) is 0. The third-order valence-corrected chi connectivity index (χ3v) is 6.55. The number of nitrogens with zero attached hydrogens (tertiary/aromatic N) is 3. The zero-order chi connectivity index (χ0) is 20.9. The van der Waals surface area contributed by atoms with Crippen molar-refractivity contribution in [2.45, 2.75) is 63.5 Å². The van der Waals surface area contributed by atoms with Gasteiger partial charge in [0.2, 0.25) is 11.0 Å². The van der Waals surface area contributed by atoms with Crippen LogP contribution in [0.25, 0.3) is 0 Å². The highest BCUT2D eigenvalue weighted by molar-refractivity contribution is 7.15. The molecule has 0 radical (unpaired) electrons. The molecular weight excluding hydrogens is 405 g/mol. The first-order chi connectivity index (χ1) is 14.6. The van der Waals surface area contributed by atoms with Crippen LogP contribution in [0.1, 0.15) is 55.5 Å². The highest BCUT2D eigenvalue weighted by Crippen LogP contribution is 2.23. The van der Waals surface area contributed by atoms with Crippen LogP contribution in [0.4, 0.5) is 14.3 Å². The first-order valence-electron chi connectivity index (χ1n) is 10.5. The second-order valence-electron chi connectivity index (χ2n) is 7.93. The fourth-order valence-electron chi connectivity index (χ4n) is 4.13. The number of likely N-dealkylation sites (tertiary alicyclic amines) is 1. The third-order valence-electron chi connectivity index (χ3n) is 5.71. The Hall–Kier alpha value is -2.55. The van der Waals surface area contributed by atoms with Crippen LogP contribution < -0.4 is 10.6 Å². The SMILES string of the molecule is O=C(Nc1nnc(Cc2ccc(F)cc2)s1)[C@H]1CCCN1C(=O)NC1CCCCC1. The summed E-state index contributed by atoms with van der Waals surface area (Å²) < 4.78 is 13.0. The normalized spacial score (nSPS) is 19.6. The third kappa shape index (κ3) is 5.13. The topological polar surface area (TPSA) is 87.2 Å². The van der Waals surface area contributed by atoms with Gasteiger partial charge in [0, 0.05) is 19.0 Å². The van der Waals surface area contributed by atoms with E-state index in [1.165, 1.54) is 29.9 Å². The molecule has 1 aliphatic carbocycles. The summed E-state index contributed by atoms with van der Waals surface area (Å²) >= 11 is 1.29. The fourth-order valence-corrected chi connectivity index (χ4v) is 4.90. The van der Waals surface area contributed by atoms with E-state index in [0.29, 0.717) is 24.5 Å². The quantitative estimate of drug-likeness (QED) is 0.756. The maximum absolute atomic E-state index is 13.0. The Morgan fingerprint density at radius 1 is 1.07 bits per heavy atom. The van der Waals surface area contributed by atoms with E-state index in [9.17, 15) is 14.0 Å². The molecule has 9 heteroatoms. The van der Waals surface area contributed by atoms with Crippen LogP contribution in [0.3, 0.4) is 0 Å². The van der Waals surface area contributed by atoms with E-state index in [0.717, 1.165) is 42.7 Å². The van der Waals surface area contributed by atoms with Crippen molar-refractivity contribution in [3.8, 4) is 0 Å². The molecule has 1 aromatic carbocycles. The average Bonchev–Trinajstić information content (AvgIpc) is 3.40. The maximum atomic E-state index is 13.0. The minimum absolute atomic E-state index is 0.145. The lowest BCUT2D eigenvalue weighted by Gasteiger charge is -2.28. The molecular formula is C21H26FN5O2S. The standard InChI is InChI=1S/C21H26FN5O2S/c22-15-10-8-14(9-11-15)13-18-25-26-20(30-18)24-19(28)17-7-4-12-27(17)21(29)23-16-5-2-1-3-6-16/h8-11,16-17H,1-7,12-13H2,(H,23,29)(H,24,26,28)/t17-/m1/s1. The monoisotopic (exact) mass is 431 g/mol. The minimum Gasteiger partial charge on any atom is -0.335 e. The lowest BCUT2D eigenvalue weighted by molar-refractivity contribution is -0.119. The summed E-state index contributed by atoms with van der Waals surface area (Å²) in [6.45, 7) is 0.586. The summed E-state index contributed by atoms with van der Waals surface area (Å²) in [6.07, 6.45) is 7.51. The number of hydrogen-bond acceptors (Lipinski definition) is 5. The van der Waals surface area contributed by atoms with E-state index in [4.69, 9.17) is 0 Å². The van der Waals surface area contributed by atoms with Gasteiger partial charge < -0.3 is 10.2 Å². The number of hydrogen-bond donors (Lipinski definition) is 2. The molecule has 2 N–H and O–H groups in total. The Bertz CT molecular complexity index is 882. The number of carbonyl (C=O) groups is 2. The van der Waals surface area contributed by atoms with Gasteiger partial charge in [0.15, 0.2) is 0 Å². The van der Waals surface area contributed by atoms with Crippen LogP contribution in [-0.2, 0) is 11.2 Å². The predicted octanol–water partition coefficient (Wildman–Crippen LogP) is 3.71. The van der Waals surface area contributed by atoms with Gasteiger partial charge in [-0.3, -0.25) is 10.1 Å². The molecule has 2 fully saturated rings. The Morgan fingerprint density at radius 2 is 1.83 bits per heavy atom. The molecule has 2 heterocycles. The summed E-state index contributed by atoms with van der Waals surface area (Å²) in [5, 5.41) is 15.2.